The third kappa shape index (κ3) is 2.82. The fourth-order valence-corrected chi connectivity index (χ4v) is 3.60. The van der Waals surface area contributed by atoms with Crippen LogP contribution in [-0.2, 0) is 23.9 Å². The van der Waals surface area contributed by atoms with Crippen LogP contribution in [0.25, 0.3) is 0 Å². The molecule has 3 rings (SSSR count). The molecule has 0 aromatic heterocycles. The Balaban J connectivity index is 1.99. The second-order valence-corrected chi connectivity index (χ2v) is 6.91. The number of nitrogens with zero attached hydrogens (tertiary/aromatic N) is 3. The molecular formula is C17H16BrN3O5. The monoisotopic (exact) mass is 421 g/mol. The molecule has 1 saturated heterocycles. The molecule has 0 unspecified atom stereocenters. The van der Waals surface area contributed by atoms with Gasteiger partial charge in [0.15, 0.2) is 5.54 Å². The zero-order valence-electron chi connectivity index (χ0n) is 14.2. The van der Waals surface area contributed by atoms with Crippen LogP contribution in [0.15, 0.2) is 33.8 Å². The van der Waals surface area contributed by atoms with E-state index in [1.54, 1.807) is 31.2 Å². The molecular weight excluding hydrogens is 406 g/mol. The third-order valence-electron chi connectivity index (χ3n) is 4.26. The summed E-state index contributed by atoms with van der Waals surface area (Å²) in [6, 6.07) is 6.72. The molecule has 0 bridgehead atoms. The maximum Gasteiger partial charge on any atom is 0.354 e. The van der Waals surface area contributed by atoms with Gasteiger partial charge in [0.2, 0.25) is 11.8 Å². The van der Waals surface area contributed by atoms with Crippen LogP contribution in [0.1, 0.15) is 26.7 Å². The first kappa shape index (κ1) is 18.2. The van der Waals surface area contributed by atoms with Gasteiger partial charge in [0, 0.05) is 17.8 Å². The van der Waals surface area contributed by atoms with E-state index in [2.05, 4.69) is 21.0 Å². The second-order valence-electron chi connectivity index (χ2n) is 6.00. The SMILES string of the molecule is CCOC(=O)C1=NN(C(C)=O)[C@@]2(CC(=O)N(c3cccc(Br)c3)C2=O)C1. The van der Waals surface area contributed by atoms with Crippen molar-refractivity contribution in [3.63, 3.8) is 0 Å². The average Bonchev–Trinajstić information content (AvgIpc) is 3.07. The van der Waals surface area contributed by atoms with Crippen molar-refractivity contribution in [3.05, 3.63) is 28.7 Å². The lowest BCUT2D eigenvalue weighted by molar-refractivity contribution is -0.141. The molecule has 136 valence electrons. The number of rotatable bonds is 3. The fraction of sp³-hybridized carbons (Fsp3) is 0.353. The molecule has 1 atom stereocenters. The predicted molar refractivity (Wildman–Crippen MR) is 95.2 cm³/mol. The first-order valence-corrected chi connectivity index (χ1v) is 8.78. The number of halogens is 1. The molecule has 0 N–H and O–H groups in total. The van der Waals surface area contributed by atoms with Gasteiger partial charge in [0.05, 0.1) is 18.7 Å². The van der Waals surface area contributed by atoms with Gasteiger partial charge in [0.25, 0.3) is 5.91 Å². The average molecular weight is 422 g/mol. The molecule has 1 spiro atoms. The number of hydrazone groups is 1. The Morgan fingerprint density at radius 2 is 2.04 bits per heavy atom. The number of hydrogen-bond donors (Lipinski definition) is 0. The molecule has 0 aliphatic carbocycles. The molecule has 9 heteroatoms. The summed E-state index contributed by atoms with van der Waals surface area (Å²) in [6.07, 6.45) is -0.398. The summed E-state index contributed by atoms with van der Waals surface area (Å²) in [5.74, 6) is -2.27. The summed E-state index contributed by atoms with van der Waals surface area (Å²) in [7, 11) is 0. The van der Waals surface area contributed by atoms with E-state index >= 15 is 0 Å². The molecule has 0 saturated carbocycles. The van der Waals surface area contributed by atoms with E-state index in [4.69, 9.17) is 4.74 Å². The largest absolute Gasteiger partial charge is 0.461 e. The van der Waals surface area contributed by atoms with Crippen molar-refractivity contribution in [2.75, 3.05) is 11.5 Å². The summed E-state index contributed by atoms with van der Waals surface area (Å²) in [6.45, 7) is 3.02. The summed E-state index contributed by atoms with van der Waals surface area (Å²) >= 11 is 3.31. The Hall–Kier alpha value is -2.55. The van der Waals surface area contributed by atoms with E-state index < -0.39 is 29.2 Å². The van der Waals surface area contributed by atoms with Gasteiger partial charge < -0.3 is 4.74 Å². The maximum absolute atomic E-state index is 13.2. The van der Waals surface area contributed by atoms with Crippen molar-refractivity contribution in [1.82, 2.24) is 5.01 Å². The van der Waals surface area contributed by atoms with Crippen LogP contribution in [0.5, 0.6) is 0 Å². The molecule has 1 aromatic rings. The van der Waals surface area contributed by atoms with Gasteiger partial charge in [-0.1, -0.05) is 22.0 Å². The van der Waals surface area contributed by atoms with Gasteiger partial charge >= 0.3 is 5.97 Å². The van der Waals surface area contributed by atoms with Gasteiger partial charge in [-0.05, 0) is 25.1 Å². The molecule has 0 radical (unpaired) electrons. The van der Waals surface area contributed by atoms with Crippen LogP contribution < -0.4 is 4.90 Å². The maximum atomic E-state index is 13.2. The Kier molecular flexibility index (Phi) is 4.66. The highest BCUT2D eigenvalue weighted by atomic mass is 79.9. The summed E-state index contributed by atoms with van der Waals surface area (Å²) in [5.41, 5.74) is -1.17. The highest BCUT2D eigenvalue weighted by Gasteiger charge is 2.61. The lowest BCUT2D eigenvalue weighted by Gasteiger charge is -2.28. The highest BCUT2D eigenvalue weighted by Crippen LogP contribution is 2.41. The van der Waals surface area contributed by atoms with E-state index in [1.165, 1.54) is 6.92 Å². The number of carbonyl (C=O) groups is 4. The minimum Gasteiger partial charge on any atom is -0.461 e. The molecule has 1 aromatic carbocycles. The van der Waals surface area contributed by atoms with Crippen molar-refractivity contribution in [3.8, 4) is 0 Å². The zero-order valence-corrected chi connectivity index (χ0v) is 15.8. The molecule has 26 heavy (non-hydrogen) atoms. The third-order valence-corrected chi connectivity index (χ3v) is 4.75. The standard InChI is InChI=1S/C17H16BrN3O5/c1-3-26-15(24)13-8-17(21(19-13)10(2)22)9-14(23)20(16(17)25)12-6-4-5-11(18)7-12/h4-7H,3,8-9H2,1-2H3/t17-/m1/s1. The number of hydrogen-bond acceptors (Lipinski definition) is 6. The first-order valence-electron chi connectivity index (χ1n) is 7.98. The van der Waals surface area contributed by atoms with Crippen molar-refractivity contribution >= 4 is 51.0 Å². The number of amides is 3. The van der Waals surface area contributed by atoms with Crippen LogP contribution in [0.4, 0.5) is 5.69 Å². The summed E-state index contributed by atoms with van der Waals surface area (Å²) < 4.78 is 5.63. The van der Waals surface area contributed by atoms with E-state index in [0.717, 1.165) is 9.91 Å². The Labute approximate surface area is 157 Å². The molecule has 2 aliphatic rings. The van der Waals surface area contributed by atoms with Crippen LogP contribution in [-0.4, -0.2) is 46.6 Å². The number of imide groups is 1. The topological polar surface area (TPSA) is 96.3 Å². The van der Waals surface area contributed by atoms with Crippen LogP contribution in [0, 0.1) is 0 Å². The van der Waals surface area contributed by atoms with Crippen LogP contribution in [0.3, 0.4) is 0 Å². The highest BCUT2D eigenvalue weighted by molar-refractivity contribution is 9.10. The number of anilines is 1. The minimum absolute atomic E-state index is 0.0423. The Bertz CT molecular complexity index is 853. The number of esters is 1. The molecule has 2 heterocycles. The lowest BCUT2D eigenvalue weighted by atomic mass is 9.91. The number of ether oxygens (including phenoxy) is 1. The first-order chi connectivity index (χ1) is 12.3. The number of benzene rings is 1. The van der Waals surface area contributed by atoms with Gasteiger partial charge in [-0.15, -0.1) is 0 Å². The number of carbonyl (C=O) groups excluding carboxylic acids is 4. The van der Waals surface area contributed by atoms with E-state index in [1.807, 2.05) is 0 Å². The minimum atomic E-state index is -1.52. The smallest absolute Gasteiger partial charge is 0.354 e. The lowest BCUT2D eigenvalue weighted by Crippen LogP contribution is -2.51. The van der Waals surface area contributed by atoms with Crippen LogP contribution in [0.2, 0.25) is 0 Å². The fourth-order valence-electron chi connectivity index (χ4n) is 3.21. The predicted octanol–water partition coefficient (Wildman–Crippen LogP) is 1.62. The Morgan fingerprint density at radius 3 is 2.65 bits per heavy atom. The quantitative estimate of drug-likeness (QED) is 0.545. The van der Waals surface area contributed by atoms with Gasteiger partial charge in [-0.2, -0.15) is 5.10 Å². The van der Waals surface area contributed by atoms with Crippen molar-refractivity contribution in [2.45, 2.75) is 32.2 Å². The van der Waals surface area contributed by atoms with Crippen LogP contribution >= 0.6 is 15.9 Å². The van der Waals surface area contributed by atoms with Gasteiger partial charge in [-0.3, -0.25) is 14.4 Å². The molecule has 1 fully saturated rings. The normalized spacial score (nSPS) is 22.2. The van der Waals surface area contributed by atoms with Crippen molar-refractivity contribution in [1.29, 1.82) is 0 Å². The van der Waals surface area contributed by atoms with Gasteiger partial charge in [0.1, 0.15) is 5.71 Å². The summed E-state index contributed by atoms with van der Waals surface area (Å²) in [5, 5.41) is 4.93. The van der Waals surface area contributed by atoms with Crippen molar-refractivity contribution < 1.29 is 23.9 Å². The molecule has 2 aliphatic heterocycles. The zero-order chi connectivity index (χ0) is 19.1. The van der Waals surface area contributed by atoms with E-state index in [-0.39, 0.29) is 25.2 Å². The van der Waals surface area contributed by atoms with Crippen molar-refractivity contribution in [2.24, 2.45) is 5.10 Å². The molecule has 8 nitrogen and oxygen atoms in total. The molecule has 3 amide bonds. The van der Waals surface area contributed by atoms with E-state index in [9.17, 15) is 19.2 Å². The van der Waals surface area contributed by atoms with E-state index in [0.29, 0.717) is 10.2 Å². The summed E-state index contributed by atoms with van der Waals surface area (Å²) in [4.78, 5) is 50.9. The Morgan fingerprint density at radius 1 is 1.31 bits per heavy atom. The van der Waals surface area contributed by atoms with Gasteiger partial charge in [-0.25, -0.2) is 14.7 Å². The second kappa shape index (κ2) is 6.64.